The van der Waals surface area contributed by atoms with Crippen LogP contribution in [0.4, 0.5) is 4.79 Å². The fourth-order valence-electron chi connectivity index (χ4n) is 1.50. The van der Waals surface area contributed by atoms with E-state index in [1.807, 2.05) is 4.90 Å². The predicted molar refractivity (Wildman–Crippen MR) is 56.2 cm³/mol. The number of halogens is 1. The Bertz CT molecular complexity index is 184. The molecule has 0 aliphatic carbocycles. The highest BCUT2D eigenvalue weighted by atomic mass is 35.5. The first-order valence-corrected chi connectivity index (χ1v) is 4.41. The minimum atomic E-state index is 0. The van der Waals surface area contributed by atoms with Gasteiger partial charge in [0.05, 0.1) is 0 Å². The lowest BCUT2D eigenvalue weighted by atomic mass is 10.2. The molecule has 1 atom stereocenters. The summed E-state index contributed by atoms with van der Waals surface area (Å²) in [6, 6.07) is 0.440. The van der Waals surface area contributed by atoms with Gasteiger partial charge in [0.15, 0.2) is 0 Å². The summed E-state index contributed by atoms with van der Waals surface area (Å²) in [5, 5.41) is 2.77. The largest absolute Gasteiger partial charge is 0.335 e. The molecule has 4 heteroatoms. The quantitative estimate of drug-likeness (QED) is 0.684. The van der Waals surface area contributed by atoms with Gasteiger partial charge >= 0.3 is 6.03 Å². The molecule has 0 radical (unpaired) electrons. The van der Waals surface area contributed by atoms with Crippen LogP contribution in [0.3, 0.4) is 0 Å². The Kier molecular flexibility index (Phi) is 5.55. The number of carbonyl (C=O) groups excluding carboxylic acids is 1. The van der Waals surface area contributed by atoms with Gasteiger partial charge < -0.3 is 10.2 Å². The van der Waals surface area contributed by atoms with Gasteiger partial charge in [-0.3, -0.25) is 0 Å². The first-order chi connectivity index (χ1) is 5.75. The third-order valence-corrected chi connectivity index (χ3v) is 2.21. The molecule has 1 aliphatic rings. The van der Waals surface area contributed by atoms with Crippen molar-refractivity contribution in [1.29, 1.82) is 0 Å². The maximum Gasteiger partial charge on any atom is 0.317 e. The van der Waals surface area contributed by atoms with Crippen LogP contribution in [-0.2, 0) is 0 Å². The summed E-state index contributed by atoms with van der Waals surface area (Å²) in [6.07, 6.45) is 3.95. The van der Waals surface area contributed by atoms with Crippen LogP contribution in [0.5, 0.6) is 0 Å². The van der Waals surface area contributed by atoms with E-state index in [-0.39, 0.29) is 18.4 Å². The van der Waals surface area contributed by atoms with Gasteiger partial charge in [0.1, 0.15) is 0 Å². The van der Waals surface area contributed by atoms with Gasteiger partial charge in [0, 0.05) is 19.1 Å². The maximum absolute atomic E-state index is 11.4. The smallest absolute Gasteiger partial charge is 0.317 e. The lowest BCUT2D eigenvalue weighted by molar-refractivity contribution is 0.197. The molecule has 0 aromatic carbocycles. The molecule has 1 fully saturated rings. The fraction of sp³-hybridized carbons (Fsp3) is 0.667. The second-order valence-electron chi connectivity index (χ2n) is 3.16. The Balaban J connectivity index is 0.00000144. The van der Waals surface area contributed by atoms with Crippen molar-refractivity contribution >= 4 is 18.4 Å². The van der Waals surface area contributed by atoms with E-state index in [0.717, 1.165) is 19.4 Å². The molecule has 0 aromatic rings. The van der Waals surface area contributed by atoms with Crippen molar-refractivity contribution in [3.63, 3.8) is 0 Å². The molecule has 0 saturated carbocycles. The molecule has 1 unspecified atom stereocenters. The van der Waals surface area contributed by atoms with Crippen LogP contribution in [0.25, 0.3) is 0 Å². The number of carbonyl (C=O) groups is 1. The molecular formula is C9H17ClN2O. The Morgan fingerprint density at radius 3 is 2.92 bits per heavy atom. The molecule has 0 bridgehead atoms. The molecule has 0 aromatic heterocycles. The van der Waals surface area contributed by atoms with Gasteiger partial charge in [-0.25, -0.2) is 4.79 Å². The number of hydrogen-bond acceptors (Lipinski definition) is 1. The van der Waals surface area contributed by atoms with E-state index in [9.17, 15) is 4.79 Å². The third kappa shape index (κ3) is 3.27. The van der Waals surface area contributed by atoms with Gasteiger partial charge in [-0.2, -0.15) is 0 Å². The van der Waals surface area contributed by atoms with Crippen LogP contribution in [0, 0.1) is 0 Å². The zero-order valence-corrected chi connectivity index (χ0v) is 8.77. The van der Waals surface area contributed by atoms with Crippen LogP contribution >= 0.6 is 12.4 Å². The molecule has 1 rings (SSSR count). The van der Waals surface area contributed by atoms with Crippen molar-refractivity contribution in [3.05, 3.63) is 12.7 Å². The van der Waals surface area contributed by atoms with Crippen molar-refractivity contribution in [1.82, 2.24) is 10.2 Å². The summed E-state index contributed by atoms with van der Waals surface area (Å²) >= 11 is 0. The first-order valence-electron chi connectivity index (χ1n) is 4.41. The standard InChI is InChI=1S/C9H16N2O.ClH/c1-3-6-10-9(12)11-7-4-5-8(11)2;/h3,8H,1,4-7H2,2H3,(H,10,12);1H. The molecule has 1 aliphatic heterocycles. The van der Waals surface area contributed by atoms with Gasteiger partial charge in [0.2, 0.25) is 0 Å². The Hall–Kier alpha value is -0.700. The molecular weight excluding hydrogens is 188 g/mol. The molecule has 1 N–H and O–H groups in total. The van der Waals surface area contributed by atoms with E-state index in [2.05, 4.69) is 18.8 Å². The predicted octanol–water partition coefficient (Wildman–Crippen LogP) is 1.79. The number of nitrogens with zero attached hydrogens (tertiary/aromatic N) is 1. The fourth-order valence-corrected chi connectivity index (χ4v) is 1.50. The summed E-state index contributed by atoms with van der Waals surface area (Å²) in [5.41, 5.74) is 0. The van der Waals surface area contributed by atoms with Crippen LogP contribution in [0.15, 0.2) is 12.7 Å². The SMILES string of the molecule is C=CCNC(=O)N1CCCC1C.Cl. The zero-order valence-electron chi connectivity index (χ0n) is 7.95. The van der Waals surface area contributed by atoms with Crippen LogP contribution in [-0.4, -0.2) is 30.1 Å². The second-order valence-corrected chi connectivity index (χ2v) is 3.16. The number of amides is 2. The Morgan fingerprint density at radius 2 is 2.46 bits per heavy atom. The topological polar surface area (TPSA) is 32.3 Å². The number of hydrogen-bond donors (Lipinski definition) is 1. The average molecular weight is 205 g/mol. The lowest BCUT2D eigenvalue weighted by Crippen LogP contribution is -2.41. The highest BCUT2D eigenvalue weighted by molar-refractivity contribution is 5.85. The van der Waals surface area contributed by atoms with Crippen molar-refractivity contribution in [2.24, 2.45) is 0 Å². The van der Waals surface area contributed by atoms with Crippen molar-refractivity contribution in [2.75, 3.05) is 13.1 Å². The molecule has 3 nitrogen and oxygen atoms in total. The number of likely N-dealkylation sites (tertiary alicyclic amines) is 1. The Morgan fingerprint density at radius 1 is 1.77 bits per heavy atom. The van der Waals surface area contributed by atoms with Crippen molar-refractivity contribution in [3.8, 4) is 0 Å². The van der Waals surface area contributed by atoms with Crippen LogP contribution in [0.2, 0.25) is 0 Å². The molecule has 2 amide bonds. The van der Waals surface area contributed by atoms with Gasteiger partial charge in [-0.1, -0.05) is 6.08 Å². The molecule has 1 heterocycles. The zero-order chi connectivity index (χ0) is 8.97. The Labute approximate surface area is 85.6 Å². The minimum Gasteiger partial charge on any atom is -0.335 e. The third-order valence-electron chi connectivity index (χ3n) is 2.21. The summed E-state index contributed by atoms with van der Waals surface area (Å²) < 4.78 is 0. The lowest BCUT2D eigenvalue weighted by Gasteiger charge is -2.21. The highest BCUT2D eigenvalue weighted by Gasteiger charge is 2.24. The van der Waals surface area contributed by atoms with Gasteiger partial charge in [0.25, 0.3) is 0 Å². The average Bonchev–Trinajstić information content (AvgIpc) is 2.47. The molecule has 76 valence electrons. The summed E-state index contributed by atoms with van der Waals surface area (Å²) in [4.78, 5) is 13.3. The summed E-state index contributed by atoms with van der Waals surface area (Å²) in [7, 11) is 0. The van der Waals surface area contributed by atoms with E-state index in [1.165, 1.54) is 0 Å². The highest BCUT2D eigenvalue weighted by Crippen LogP contribution is 2.15. The first kappa shape index (κ1) is 12.3. The van der Waals surface area contributed by atoms with Gasteiger partial charge in [-0.15, -0.1) is 19.0 Å². The second kappa shape index (κ2) is 5.86. The number of urea groups is 1. The van der Waals surface area contributed by atoms with E-state index in [4.69, 9.17) is 0 Å². The van der Waals surface area contributed by atoms with Crippen LogP contribution in [0.1, 0.15) is 19.8 Å². The minimum absolute atomic E-state index is 0. The van der Waals surface area contributed by atoms with Crippen molar-refractivity contribution in [2.45, 2.75) is 25.8 Å². The van der Waals surface area contributed by atoms with Crippen molar-refractivity contribution < 1.29 is 4.79 Å². The monoisotopic (exact) mass is 204 g/mol. The van der Waals surface area contributed by atoms with E-state index in [1.54, 1.807) is 6.08 Å². The molecule has 0 spiro atoms. The number of nitrogens with one attached hydrogen (secondary N) is 1. The maximum atomic E-state index is 11.4. The normalized spacial score (nSPS) is 20.7. The molecule has 13 heavy (non-hydrogen) atoms. The summed E-state index contributed by atoms with van der Waals surface area (Å²) in [6.45, 7) is 7.08. The van der Waals surface area contributed by atoms with E-state index in [0.29, 0.717) is 12.6 Å². The summed E-state index contributed by atoms with van der Waals surface area (Å²) in [5.74, 6) is 0. The van der Waals surface area contributed by atoms with Gasteiger partial charge in [-0.05, 0) is 19.8 Å². The van der Waals surface area contributed by atoms with E-state index >= 15 is 0 Å². The van der Waals surface area contributed by atoms with Crippen LogP contribution < -0.4 is 5.32 Å². The molecule has 1 saturated heterocycles. The number of rotatable bonds is 2. The van der Waals surface area contributed by atoms with E-state index < -0.39 is 0 Å².